The third kappa shape index (κ3) is 2.19. The fourth-order valence-corrected chi connectivity index (χ4v) is 2.24. The quantitative estimate of drug-likeness (QED) is 0.649. The zero-order valence-electron chi connectivity index (χ0n) is 11.1. The van der Waals surface area contributed by atoms with E-state index in [9.17, 15) is 0 Å². The van der Waals surface area contributed by atoms with E-state index < -0.39 is 0 Å². The minimum Gasteiger partial charge on any atom is -0.567 e. The maximum absolute atomic E-state index is 5.43. The van der Waals surface area contributed by atoms with Crippen LogP contribution in [-0.4, -0.2) is 13.0 Å². The summed E-state index contributed by atoms with van der Waals surface area (Å²) in [5.41, 5.74) is 4.18. The van der Waals surface area contributed by atoms with Gasteiger partial charge in [-0.15, -0.1) is 0 Å². The summed E-state index contributed by atoms with van der Waals surface area (Å²) in [6, 6.07) is 18.4. The summed E-state index contributed by atoms with van der Waals surface area (Å²) >= 11 is 0. The molecule has 3 heteroatoms. The molecule has 3 rings (SSSR count). The highest BCUT2D eigenvalue weighted by Crippen LogP contribution is 2.30. The smallest absolute Gasteiger partial charge is 0.322 e. The van der Waals surface area contributed by atoms with Crippen molar-refractivity contribution in [2.45, 2.75) is 6.92 Å². The summed E-state index contributed by atoms with van der Waals surface area (Å²) in [5.74, 6) is 0.855. The van der Waals surface area contributed by atoms with E-state index in [4.69, 9.17) is 9.64 Å². The molecule has 0 aliphatic carbocycles. The predicted octanol–water partition coefficient (Wildman–Crippen LogP) is 3.14. The number of hydrogen-bond donors (Lipinski definition) is 0. The first-order valence-corrected chi connectivity index (χ1v) is 6.29. The molecule has 0 aliphatic rings. The van der Waals surface area contributed by atoms with Crippen molar-refractivity contribution in [3.05, 3.63) is 60.2 Å². The first-order valence-electron chi connectivity index (χ1n) is 6.29. The van der Waals surface area contributed by atoms with Crippen LogP contribution in [-0.2, 0) is 0 Å². The largest absolute Gasteiger partial charge is 0.567 e. The van der Waals surface area contributed by atoms with E-state index in [2.05, 4.69) is 25.1 Å². The summed E-state index contributed by atoms with van der Waals surface area (Å²) in [4.78, 5) is 4.72. The van der Waals surface area contributed by atoms with Crippen LogP contribution in [0.2, 0.25) is 0 Å². The van der Waals surface area contributed by atoms with Crippen LogP contribution < -0.4 is 4.65 Å². The Hall–Kier alpha value is -2.29. The Bertz CT molecular complexity index is 740. The Labute approximate surface area is 113 Å². The van der Waals surface area contributed by atoms with E-state index in [-0.39, 0.29) is 0 Å². The lowest BCUT2D eigenvalue weighted by Gasteiger charge is -2.10. The van der Waals surface area contributed by atoms with Crippen LogP contribution in [0.25, 0.3) is 22.2 Å². The molecule has 0 radical (unpaired) electrons. The summed E-state index contributed by atoms with van der Waals surface area (Å²) in [6.07, 6.45) is 0. The van der Waals surface area contributed by atoms with Crippen LogP contribution in [0, 0.1) is 6.92 Å². The van der Waals surface area contributed by atoms with E-state index in [1.54, 1.807) is 8.05 Å². The lowest BCUT2D eigenvalue weighted by molar-refractivity contribution is 0.618. The topological polar surface area (TPSA) is 22.1 Å². The standard InChI is InChI=1S/C16H14BNO/c1-11-6-9-16(19-17)13(10-11)15-8-7-12-4-2-3-5-14(12)18-15/h2-10H,17H2,1H3. The SMILES string of the molecule is BOc1ccc(C)cc1-c1ccc2ccccc2n1. The second-order valence-electron chi connectivity index (χ2n) is 4.59. The first kappa shape index (κ1) is 11.8. The van der Waals surface area contributed by atoms with Gasteiger partial charge in [0, 0.05) is 10.9 Å². The first-order chi connectivity index (χ1) is 9.28. The maximum Gasteiger partial charge on any atom is 0.322 e. The van der Waals surface area contributed by atoms with Crippen LogP contribution in [0.3, 0.4) is 0 Å². The summed E-state index contributed by atoms with van der Waals surface area (Å²) < 4.78 is 5.43. The van der Waals surface area contributed by atoms with E-state index in [1.165, 1.54) is 5.56 Å². The van der Waals surface area contributed by atoms with Gasteiger partial charge in [-0.1, -0.05) is 35.9 Å². The second-order valence-corrected chi connectivity index (χ2v) is 4.59. The molecule has 1 heterocycles. The molecule has 2 aromatic carbocycles. The molecular formula is C16H14BNO. The normalized spacial score (nSPS) is 10.6. The third-order valence-electron chi connectivity index (χ3n) is 3.23. The molecule has 3 aromatic rings. The molecule has 0 N–H and O–H groups in total. The van der Waals surface area contributed by atoms with Crippen LogP contribution in [0.5, 0.6) is 5.75 Å². The van der Waals surface area contributed by atoms with E-state index in [0.29, 0.717) is 0 Å². The van der Waals surface area contributed by atoms with Crippen molar-refractivity contribution >= 4 is 19.0 Å². The Balaban J connectivity index is 2.21. The molecule has 2 nitrogen and oxygen atoms in total. The minimum absolute atomic E-state index is 0.855. The van der Waals surface area contributed by atoms with Gasteiger partial charge in [0.15, 0.2) is 0 Å². The van der Waals surface area contributed by atoms with Gasteiger partial charge < -0.3 is 4.65 Å². The zero-order chi connectivity index (χ0) is 13.2. The van der Waals surface area contributed by atoms with Crippen LogP contribution in [0.1, 0.15) is 5.56 Å². The number of rotatable bonds is 2. The van der Waals surface area contributed by atoms with Gasteiger partial charge in [-0.2, -0.15) is 0 Å². The number of aryl methyl sites for hydroxylation is 1. The number of fused-ring (bicyclic) bond motifs is 1. The fourth-order valence-electron chi connectivity index (χ4n) is 2.24. The van der Waals surface area contributed by atoms with Crippen LogP contribution in [0.4, 0.5) is 0 Å². The van der Waals surface area contributed by atoms with E-state index in [0.717, 1.165) is 27.9 Å². The van der Waals surface area contributed by atoms with Gasteiger partial charge in [0.05, 0.1) is 11.2 Å². The molecule has 0 bridgehead atoms. The van der Waals surface area contributed by atoms with Gasteiger partial charge in [-0.25, -0.2) is 4.98 Å². The van der Waals surface area contributed by atoms with Crippen LogP contribution in [0.15, 0.2) is 54.6 Å². The van der Waals surface area contributed by atoms with Crippen molar-refractivity contribution in [2.24, 2.45) is 0 Å². The minimum atomic E-state index is 0.855. The number of hydrogen-bond acceptors (Lipinski definition) is 2. The number of pyridine rings is 1. The van der Waals surface area contributed by atoms with Crippen molar-refractivity contribution in [2.75, 3.05) is 0 Å². The highest BCUT2D eigenvalue weighted by atomic mass is 16.4. The Morgan fingerprint density at radius 1 is 1.00 bits per heavy atom. The van der Waals surface area contributed by atoms with Gasteiger partial charge in [0.2, 0.25) is 0 Å². The van der Waals surface area contributed by atoms with Gasteiger partial charge in [0.1, 0.15) is 5.75 Å². The highest BCUT2D eigenvalue weighted by molar-refractivity contribution is 6.00. The fraction of sp³-hybridized carbons (Fsp3) is 0.0625. The zero-order valence-corrected chi connectivity index (χ0v) is 11.1. The Morgan fingerprint density at radius 3 is 2.68 bits per heavy atom. The monoisotopic (exact) mass is 247 g/mol. The van der Waals surface area contributed by atoms with E-state index >= 15 is 0 Å². The number of benzene rings is 2. The van der Waals surface area contributed by atoms with Gasteiger partial charge in [0.25, 0.3) is 0 Å². The average molecular weight is 247 g/mol. The van der Waals surface area contributed by atoms with Crippen molar-refractivity contribution in [1.29, 1.82) is 0 Å². The van der Waals surface area contributed by atoms with Crippen molar-refractivity contribution < 1.29 is 4.65 Å². The molecule has 0 unspecified atom stereocenters. The van der Waals surface area contributed by atoms with Crippen LogP contribution >= 0.6 is 0 Å². The summed E-state index contributed by atoms with van der Waals surface area (Å²) in [5, 5.41) is 1.15. The summed E-state index contributed by atoms with van der Waals surface area (Å²) in [7, 11) is 1.69. The molecule has 0 saturated carbocycles. The predicted molar refractivity (Wildman–Crippen MR) is 81.1 cm³/mol. The molecule has 0 atom stereocenters. The third-order valence-corrected chi connectivity index (χ3v) is 3.23. The lowest BCUT2D eigenvalue weighted by Crippen LogP contribution is -1.92. The molecule has 0 spiro atoms. The number of nitrogens with zero attached hydrogens (tertiary/aromatic N) is 1. The second kappa shape index (κ2) is 4.77. The van der Waals surface area contributed by atoms with Gasteiger partial charge in [-0.05, 0) is 31.2 Å². The van der Waals surface area contributed by atoms with Crippen molar-refractivity contribution in [1.82, 2.24) is 4.98 Å². The maximum atomic E-state index is 5.43. The summed E-state index contributed by atoms with van der Waals surface area (Å²) in [6.45, 7) is 2.07. The molecule has 0 fully saturated rings. The molecule has 1 aromatic heterocycles. The number of para-hydroxylation sites is 1. The van der Waals surface area contributed by atoms with Gasteiger partial charge in [-0.3, -0.25) is 0 Å². The number of aromatic nitrogens is 1. The van der Waals surface area contributed by atoms with E-state index in [1.807, 2.05) is 36.4 Å². The highest BCUT2D eigenvalue weighted by Gasteiger charge is 2.07. The molecule has 19 heavy (non-hydrogen) atoms. The Kier molecular flexibility index (Phi) is 2.96. The Morgan fingerprint density at radius 2 is 1.84 bits per heavy atom. The average Bonchev–Trinajstić information content (AvgIpc) is 2.46. The molecular weight excluding hydrogens is 233 g/mol. The molecule has 0 aliphatic heterocycles. The molecule has 0 saturated heterocycles. The molecule has 92 valence electrons. The van der Waals surface area contributed by atoms with Crippen molar-refractivity contribution in [3.8, 4) is 17.0 Å². The lowest BCUT2D eigenvalue weighted by atomic mass is 10.1. The molecule has 0 amide bonds. The van der Waals surface area contributed by atoms with Gasteiger partial charge >= 0.3 is 8.05 Å². The van der Waals surface area contributed by atoms with Crippen molar-refractivity contribution in [3.63, 3.8) is 0 Å².